The van der Waals surface area contributed by atoms with Gasteiger partial charge in [-0.15, -0.1) is 0 Å². The molecule has 5 nitrogen and oxygen atoms in total. The van der Waals surface area contributed by atoms with Crippen molar-refractivity contribution in [3.8, 4) is 0 Å². The fourth-order valence-electron chi connectivity index (χ4n) is 1.98. The van der Waals surface area contributed by atoms with Gasteiger partial charge in [-0.3, -0.25) is 9.48 Å². The van der Waals surface area contributed by atoms with Crippen molar-refractivity contribution in [1.29, 1.82) is 0 Å². The van der Waals surface area contributed by atoms with E-state index in [1.807, 2.05) is 30.3 Å². The van der Waals surface area contributed by atoms with Crippen molar-refractivity contribution in [2.24, 2.45) is 7.05 Å². The molecule has 0 aliphatic carbocycles. The summed E-state index contributed by atoms with van der Waals surface area (Å²) in [6.07, 6.45) is 1.67. The van der Waals surface area contributed by atoms with E-state index in [4.69, 9.17) is 0 Å². The molecule has 100 valence electrons. The molecule has 1 atom stereocenters. The lowest BCUT2D eigenvalue weighted by Gasteiger charge is -2.16. The van der Waals surface area contributed by atoms with Crippen LogP contribution in [0.4, 0.5) is 0 Å². The maximum Gasteiger partial charge on any atom is 0.255 e. The van der Waals surface area contributed by atoms with E-state index < -0.39 is 6.04 Å². The van der Waals surface area contributed by atoms with Gasteiger partial charge in [0.2, 0.25) is 0 Å². The maximum absolute atomic E-state index is 12.1. The van der Waals surface area contributed by atoms with Crippen LogP contribution in [0.3, 0.4) is 0 Å². The minimum absolute atomic E-state index is 0.144. The maximum atomic E-state index is 12.1. The third-order valence-corrected chi connectivity index (χ3v) is 2.95. The summed E-state index contributed by atoms with van der Waals surface area (Å²) >= 11 is 0. The smallest absolute Gasteiger partial charge is 0.255 e. The highest BCUT2D eigenvalue weighted by Gasteiger charge is 2.17. The van der Waals surface area contributed by atoms with Crippen molar-refractivity contribution >= 4 is 5.91 Å². The van der Waals surface area contributed by atoms with Gasteiger partial charge < -0.3 is 10.4 Å². The third kappa shape index (κ3) is 3.00. The van der Waals surface area contributed by atoms with Crippen LogP contribution in [0.1, 0.15) is 27.7 Å². The predicted molar refractivity (Wildman–Crippen MR) is 71.7 cm³/mol. The normalized spacial score (nSPS) is 12.2. The van der Waals surface area contributed by atoms with Gasteiger partial charge in [0.25, 0.3) is 5.91 Å². The number of hydrogen-bond acceptors (Lipinski definition) is 3. The fraction of sp³-hybridized carbons (Fsp3) is 0.286. The highest BCUT2D eigenvalue weighted by molar-refractivity contribution is 5.95. The summed E-state index contributed by atoms with van der Waals surface area (Å²) in [6.45, 7) is 1.64. The molecule has 1 heterocycles. The van der Waals surface area contributed by atoms with Gasteiger partial charge in [-0.2, -0.15) is 5.10 Å². The van der Waals surface area contributed by atoms with Gasteiger partial charge in [-0.25, -0.2) is 0 Å². The molecule has 5 heteroatoms. The second kappa shape index (κ2) is 5.67. The van der Waals surface area contributed by atoms with Crippen molar-refractivity contribution < 1.29 is 9.90 Å². The van der Waals surface area contributed by atoms with Crippen molar-refractivity contribution in [2.45, 2.75) is 13.0 Å². The number of aliphatic hydroxyl groups excluding tert-OH is 1. The fourth-order valence-corrected chi connectivity index (χ4v) is 1.98. The second-order valence-electron chi connectivity index (χ2n) is 4.42. The van der Waals surface area contributed by atoms with Crippen molar-refractivity contribution in [3.05, 3.63) is 53.3 Å². The number of rotatable bonds is 4. The Bertz CT molecular complexity index is 563. The van der Waals surface area contributed by atoms with Crippen LogP contribution in [-0.2, 0) is 7.05 Å². The second-order valence-corrected chi connectivity index (χ2v) is 4.42. The molecule has 19 heavy (non-hydrogen) atoms. The van der Waals surface area contributed by atoms with Crippen molar-refractivity contribution in [2.75, 3.05) is 6.61 Å². The number of amides is 1. The molecule has 1 aromatic carbocycles. The molecule has 0 saturated heterocycles. The van der Waals surface area contributed by atoms with Gasteiger partial charge in [0.1, 0.15) is 0 Å². The average molecular weight is 259 g/mol. The summed E-state index contributed by atoms with van der Waals surface area (Å²) in [5.41, 5.74) is 2.07. The number of aryl methyl sites for hydroxylation is 2. The molecule has 2 aromatic rings. The molecule has 0 unspecified atom stereocenters. The number of carbonyl (C=O) groups excluding carboxylic acids is 1. The molecular formula is C14H17N3O2. The number of nitrogens with one attached hydrogen (secondary N) is 1. The van der Waals surface area contributed by atoms with E-state index in [2.05, 4.69) is 10.4 Å². The largest absolute Gasteiger partial charge is 0.394 e. The van der Waals surface area contributed by atoms with E-state index in [9.17, 15) is 9.90 Å². The molecule has 0 radical (unpaired) electrons. The van der Waals surface area contributed by atoms with Gasteiger partial charge in [-0.1, -0.05) is 30.3 Å². The minimum Gasteiger partial charge on any atom is -0.394 e. The van der Waals surface area contributed by atoms with Crippen LogP contribution in [0, 0.1) is 6.92 Å². The zero-order valence-corrected chi connectivity index (χ0v) is 11.0. The number of hydrogen-bond donors (Lipinski definition) is 2. The van der Waals surface area contributed by atoms with Gasteiger partial charge in [-0.05, 0) is 12.5 Å². The van der Waals surface area contributed by atoms with Crippen LogP contribution in [0.2, 0.25) is 0 Å². The number of benzene rings is 1. The van der Waals surface area contributed by atoms with Crippen LogP contribution in [-0.4, -0.2) is 27.4 Å². The molecule has 0 fully saturated rings. The predicted octanol–water partition coefficient (Wildman–Crippen LogP) is 1.19. The quantitative estimate of drug-likeness (QED) is 0.866. The first kappa shape index (κ1) is 13.3. The first-order valence-electron chi connectivity index (χ1n) is 6.08. The van der Waals surface area contributed by atoms with Crippen LogP contribution in [0.5, 0.6) is 0 Å². The summed E-state index contributed by atoms with van der Waals surface area (Å²) in [6, 6.07) is 8.98. The Kier molecular flexibility index (Phi) is 3.97. The third-order valence-electron chi connectivity index (χ3n) is 2.95. The van der Waals surface area contributed by atoms with E-state index in [1.165, 1.54) is 0 Å². The number of carbonyl (C=O) groups is 1. The van der Waals surface area contributed by atoms with Gasteiger partial charge in [0.05, 0.1) is 23.9 Å². The Labute approximate surface area is 111 Å². The zero-order chi connectivity index (χ0) is 13.8. The Morgan fingerprint density at radius 3 is 2.63 bits per heavy atom. The van der Waals surface area contributed by atoms with E-state index in [1.54, 1.807) is 24.9 Å². The molecular weight excluding hydrogens is 242 g/mol. The zero-order valence-electron chi connectivity index (χ0n) is 11.0. The highest BCUT2D eigenvalue weighted by Crippen LogP contribution is 2.13. The lowest BCUT2D eigenvalue weighted by Crippen LogP contribution is -2.31. The van der Waals surface area contributed by atoms with E-state index in [0.717, 1.165) is 5.56 Å². The first-order valence-corrected chi connectivity index (χ1v) is 6.08. The van der Waals surface area contributed by atoms with E-state index in [0.29, 0.717) is 11.3 Å². The lowest BCUT2D eigenvalue weighted by atomic mass is 10.1. The van der Waals surface area contributed by atoms with Gasteiger partial charge in [0.15, 0.2) is 0 Å². The SMILES string of the molecule is Cc1nn(C)cc1C(=O)N[C@H](CO)c1ccccc1. The summed E-state index contributed by atoms with van der Waals surface area (Å²) < 4.78 is 1.60. The lowest BCUT2D eigenvalue weighted by molar-refractivity contribution is 0.0915. The Morgan fingerprint density at radius 2 is 2.11 bits per heavy atom. The molecule has 2 N–H and O–H groups in total. The molecule has 1 amide bonds. The van der Waals surface area contributed by atoms with E-state index >= 15 is 0 Å². The van der Waals surface area contributed by atoms with Crippen molar-refractivity contribution in [3.63, 3.8) is 0 Å². The molecule has 0 saturated carbocycles. The topological polar surface area (TPSA) is 67.2 Å². The Hall–Kier alpha value is -2.14. The standard InChI is InChI=1S/C14H17N3O2/c1-10-12(8-17(2)16-10)14(19)15-13(9-18)11-6-4-3-5-7-11/h3-8,13,18H,9H2,1-2H3,(H,15,19)/t13-/m1/s1. The van der Waals surface area contributed by atoms with Crippen LogP contribution >= 0.6 is 0 Å². The molecule has 0 bridgehead atoms. The molecule has 0 spiro atoms. The first-order chi connectivity index (χ1) is 9.11. The molecule has 2 rings (SSSR count). The Morgan fingerprint density at radius 1 is 1.42 bits per heavy atom. The summed E-state index contributed by atoms with van der Waals surface area (Å²) in [5, 5.41) is 16.4. The molecule has 0 aliphatic heterocycles. The van der Waals surface area contributed by atoms with Crippen LogP contribution in [0.15, 0.2) is 36.5 Å². The highest BCUT2D eigenvalue weighted by atomic mass is 16.3. The summed E-state index contributed by atoms with van der Waals surface area (Å²) in [4.78, 5) is 12.1. The summed E-state index contributed by atoms with van der Waals surface area (Å²) in [5.74, 6) is -0.228. The average Bonchev–Trinajstić information content (AvgIpc) is 2.76. The molecule has 0 aliphatic rings. The van der Waals surface area contributed by atoms with E-state index in [-0.39, 0.29) is 12.5 Å². The number of aliphatic hydroxyl groups is 1. The summed E-state index contributed by atoms with van der Waals surface area (Å²) in [7, 11) is 1.77. The van der Waals surface area contributed by atoms with Crippen LogP contribution < -0.4 is 5.32 Å². The van der Waals surface area contributed by atoms with Gasteiger partial charge in [0, 0.05) is 13.2 Å². The van der Waals surface area contributed by atoms with Crippen molar-refractivity contribution in [1.82, 2.24) is 15.1 Å². The number of nitrogens with zero attached hydrogens (tertiary/aromatic N) is 2. The Balaban J connectivity index is 2.15. The monoisotopic (exact) mass is 259 g/mol. The van der Waals surface area contributed by atoms with Gasteiger partial charge >= 0.3 is 0 Å². The minimum atomic E-state index is -0.409. The molecule has 1 aromatic heterocycles. The van der Waals surface area contributed by atoms with Crippen LogP contribution in [0.25, 0.3) is 0 Å². The number of aromatic nitrogens is 2.